The summed E-state index contributed by atoms with van der Waals surface area (Å²) in [6.45, 7) is 10.5. The van der Waals surface area contributed by atoms with Crippen LogP contribution in [0.3, 0.4) is 0 Å². The van der Waals surface area contributed by atoms with Crippen LogP contribution in [0.1, 0.15) is 44.4 Å². The zero-order valence-electron chi connectivity index (χ0n) is 28.2. The summed E-state index contributed by atoms with van der Waals surface area (Å²) in [5.41, 5.74) is 2.17. The maximum Gasteiger partial charge on any atom is 0.408 e. The van der Waals surface area contributed by atoms with E-state index in [0.717, 1.165) is 29.8 Å². The Morgan fingerprint density at radius 2 is 1.33 bits per heavy atom. The molecule has 11 heteroatoms. The second-order valence-corrected chi connectivity index (χ2v) is 14.0. The van der Waals surface area contributed by atoms with Gasteiger partial charge in [0.05, 0.1) is 24.1 Å². The van der Waals surface area contributed by atoms with E-state index < -0.39 is 46.4 Å². The Kier molecular flexibility index (Phi) is 13.5. The molecule has 1 aliphatic heterocycles. The summed E-state index contributed by atoms with van der Waals surface area (Å²) in [5.74, 6) is -1.03. The zero-order valence-corrected chi connectivity index (χ0v) is 29.0. The average molecular weight is 677 g/mol. The van der Waals surface area contributed by atoms with Gasteiger partial charge in [-0.1, -0.05) is 91.0 Å². The molecule has 10 nitrogen and oxygen atoms in total. The number of morpholine rings is 1. The summed E-state index contributed by atoms with van der Waals surface area (Å²) < 4.78 is 10.2. The molecule has 0 aromatic heterocycles. The van der Waals surface area contributed by atoms with E-state index in [1.54, 1.807) is 20.8 Å². The van der Waals surface area contributed by atoms with Crippen molar-refractivity contribution < 1.29 is 29.0 Å². The Hall–Kier alpha value is -3.90. The van der Waals surface area contributed by atoms with E-state index in [4.69, 9.17) is 9.47 Å². The molecule has 3 aromatic rings. The number of rotatable bonds is 14. The minimum atomic E-state index is -1.24. The molecule has 1 heterocycles. The van der Waals surface area contributed by atoms with Gasteiger partial charge >= 0.3 is 6.09 Å². The molecule has 0 unspecified atom stereocenters. The van der Waals surface area contributed by atoms with Crippen LogP contribution in [0, 0.1) is 0 Å². The number of carbonyl (C=O) groups is 3. The first-order valence-electron chi connectivity index (χ1n) is 16.4. The first-order valence-corrected chi connectivity index (χ1v) is 17.3. The van der Waals surface area contributed by atoms with Crippen molar-refractivity contribution in [1.29, 1.82) is 0 Å². The Labute approximate surface area is 288 Å². The Bertz CT molecular complexity index is 1350. The van der Waals surface area contributed by atoms with Gasteiger partial charge in [-0.3, -0.25) is 14.5 Å². The zero-order chi connectivity index (χ0) is 34.6. The lowest BCUT2D eigenvalue weighted by atomic mass is 9.84. The SMILES string of the molecule is C[C@@H](O)[C@H](NC(=O)[C@H](CSC(c1ccccc1)(c1ccccc1)c1ccccc1)NC(=O)OC(C)(C)C)C(=O)NCCN1CCOCC1. The molecule has 0 saturated carbocycles. The van der Waals surface area contributed by atoms with Gasteiger partial charge in [-0.05, 0) is 44.4 Å². The number of carbonyl (C=O) groups excluding carboxylic acids is 3. The van der Waals surface area contributed by atoms with Crippen LogP contribution < -0.4 is 16.0 Å². The molecule has 0 aliphatic carbocycles. The van der Waals surface area contributed by atoms with Crippen molar-refractivity contribution in [3.63, 3.8) is 0 Å². The van der Waals surface area contributed by atoms with E-state index in [9.17, 15) is 19.5 Å². The lowest BCUT2D eigenvalue weighted by Gasteiger charge is -2.36. The summed E-state index contributed by atoms with van der Waals surface area (Å²) in [4.78, 5) is 42.5. The van der Waals surface area contributed by atoms with Gasteiger partial charge < -0.3 is 30.5 Å². The van der Waals surface area contributed by atoms with Crippen molar-refractivity contribution in [2.45, 2.75) is 56.2 Å². The molecule has 0 bridgehead atoms. The van der Waals surface area contributed by atoms with Crippen molar-refractivity contribution >= 4 is 29.7 Å². The van der Waals surface area contributed by atoms with Gasteiger partial charge in [-0.25, -0.2) is 4.79 Å². The Morgan fingerprint density at radius 1 is 0.833 bits per heavy atom. The molecule has 3 amide bonds. The third-order valence-electron chi connectivity index (χ3n) is 7.91. The summed E-state index contributed by atoms with van der Waals surface area (Å²) in [7, 11) is 0. The molecule has 4 N–H and O–H groups in total. The number of hydrogen-bond acceptors (Lipinski definition) is 8. The summed E-state index contributed by atoms with van der Waals surface area (Å²) >= 11 is 1.49. The second kappa shape index (κ2) is 17.5. The van der Waals surface area contributed by atoms with Crippen molar-refractivity contribution in [1.82, 2.24) is 20.9 Å². The number of nitrogens with one attached hydrogen (secondary N) is 3. The summed E-state index contributed by atoms with van der Waals surface area (Å²) in [6.07, 6.45) is -1.96. The van der Waals surface area contributed by atoms with Crippen LogP contribution in [0.5, 0.6) is 0 Å². The van der Waals surface area contributed by atoms with Crippen LogP contribution in [-0.2, 0) is 23.8 Å². The van der Waals surface area contributed by atoms with Gasteiger partial charge in [0.25, 0.3) is 0 Å². The fourth-order valence-corrected chi connectivity index (χ4v) is 7.10. The number of thioether (sulfide) groups is 1. The van der Waals surface area contributed by atoms with E-state index >= 15 is 0 Å². The average Bonchev–Trinajstić information content (AvgIpc) is 3.07. The van der Waals surface area contributed by atoms with Crippen LogP contribution in [0.15, 0.2) is 91.0 Å². The molecule has 4 rings (SSSR count). The van der Waals surface area contributed by atoms with Gasteiger partial charge in [0, 0.05) is 31.9 Å². The maximum absolute atomic E-state index is 14.0. The summed E-state index contributed by atoms with van der Waals surface area (Å²) in [5, 5.41) is 18.9. The lowest BCUT2D eigenvalue weighted by Crippen LogP contribution is -2.58. The first-order chi connectivity index (χ1) is 23.0. The van der Waals surface area contributed by atoms with Crippen molar-refractivity contribution in [3.8, 4) is 0 Å². The molecule has 0 radical (unpaired) electrons. The molecular weight excluding hydrogens is 628 g/mol. The monoisotopic (exact) mass is 676 g/mol. The van der Waals surface area contributed by atoms with Crippen LogP contribution in [0.4, 0.5) is 4.79 Å². The van der Waals surface area contributed by atoms with Crippen LogP contribution in [0.25, 0.3) is 0 Å². The minimum absolute atomic E-state index is 0.106. The molecule has 3 atom stereocenters. The highest BCUT2D eigenvalue weighted by atomic mass is 32.2. The number of ether oxygens (including phenoxy) is 2. The minimum Gasteiger partial charge on any atom is -0.444 e. The molecule has 1 saturated heterocycles. The number of benzene rings is 3. The third kappa shape index (κ3) is 10.3. The first kappa shape index (κ1) is 36.9. The van der Waals surface area contributed by atoms with Gasteiger partial charge in [-0.2, -0.15) is 0 Å². The highest BCUT2D eigenvalue weighted by Gasteiger charge is 2.39. The second-order valence-electron chi connectivity index (χ2n) is 12.8. The van der Waals surface area contributed by atoms with E-state index in [-0.39, 0.29) is 5.75 Å². The third-order valence-corrected chi connectivity index (χ3v) is 9.55. The predicted octanol–water partition coefficient (Wildman–Crippen LogP) is 3.92. The number of alkyl carbamates (subject to hydrolysis) is 1. The normalized spacial score (nSPS) is 15.9. The van der Waals surface area contributed by atoms with Crippen molar-refractivity contribution in [2.75, 3.05) is 45.1 Å². The number of nitrogens with zero attached hydrogens (tertiary/aromatic N) is 1. The molecule has 0 spiro atoms. The van der Waals surface area contributed by atoms with E-state index in [1.807, 2.05) is 91.0 Å². The Morgan fingerprint density at radius 3 is 1.79 bits per heavy atom. The number of aliphatic hydroxyl groups is 1. The fourth-order valence-electron chi connectivity index (χ4n) is 5.54. The quantitative estimate of drug-likeness (QED) is 0.189. The molecule has 1 fully saturated rings. The fraction of sp³-hybridized carbons (Fsp3) is 0.432. The van der Waals surface area contributed by atoms with Crippen LogP contribution >= 0.6 is 11.8 Å². The predicted molar refractivity (Wildman–Crippen MR) is 189 cm³/mol. The molecule has 258 valence electrons. The topological polar surface area (TPSA) is 129 Å². The largest absolute Gasteiger partial charge is 0.444 e. The molecule has 1 aliphatic rings. The van der Waals surface area contributed by atoms with Gasteiger partial charge in [0.2, 0.25) is 11.8 Å². The smallest absolute Gasteiger partial charge is 0.408 e. The highest BCUT2D eigenvalue weighted by Crippen LogP contribution is 2.48. The van der Waals surface area contributed by atoms with Gasteiger partial charge in [0.15, 0.2) is 0 Å². The number of hydrogen-bond donors (Lipinski definition) is 4. The molecule has 3 aromatic carbocycles. The van der Waals surface area contributed by atoms with Crippen LogP contribution in [0.2, 0.25) is 0 Å². The van der Waals surface area contributed by atoms with E-state index in [2.05, 4.69) is 20.9 Å². The standard InChI is InChI=1S/C37H48N4O6S/c1-27(42)32(34(44)38-20-21-41-22-24-46-25-23-41)40-33(43)31(39-35(45)47-36(2,3)4)26-48-37(28-14-8-5-9-15-28,29-16-10-6-11-17-29)30-18-12-7-13-19-30/h5-19,27,31-32,42H,20-26H2,1-4H3,(H,38,44)(H,39,45)(H,40,43)/t27-,31+,32+/m1/s1. The Balaban J connectivity index is 1.62. The van der Waals surface area contributed by atoms with Gasteiger partial charge in [-0.15, -0.1) is 11.8 Å². The maximum atomic E-state index is 14.0. The summed E-state index contributed by atoms with van der Waals surface area (Å²) in [6, 6.07) is 27.7. The van der Waals surface area contributed by atoms with Crippen LogP contribution in [-0.4, -0.2) is 96.8 Å². The lowest BCUT2D eigenvalue weighted by molar-refractivity contribution is -0.132. The van der Waals surface area contributed by atoms with Crippen molar-refractivity contribution in [3.05, 3.63) is 108 Å². The molecular formula is C37H48N4O6S. The van der Waals surface area contributed by atoms with E-state index in [0.29, 0.717) is 26.3 Å². The van der Waals surface area contributed by atoms with Gasteiger partial charge in [0.1, 0.15) is 17.7 Å². The van der Waals surface area contributed by atoms with E-state index in [1.165, 1.54) is 18.7 Å². The highest BCUT2D eigenvalue weighted by molar-refractivity contribution is 8.00. The van der Waals surface area contributed by atoms with Crippen molar-refractivity contribution in [2.24, 2.45) is 0 Å². The number of aliphatic hydroxyl groups excluding tert-OH is 1. The molecule has 48 heavy (non-hydrogen) atoms. The number of amides is 3.